The first kappa shape index (κ1) is 20.8. The number of thiazole rings is 1. The Morgan fingerprint density at radius 2 is 2.23 bits per heavy atom. The highest BCUT2D eigenvalue weighted by molar-refractivity contribution is 7.14. The van der Waals surface area contributed by atoms with Gasteiger partial charge in [0.1, 0.15) is 18.0 Å². The molecule has 3 heterocycles. The quantitative estimate of drug-likeness (QED) is 0.573. The Morgan fingerprint density at radius 3 is 2.87 bits per heavy atom. The van der Waals surface area contributed by atoms with Gasteiger partial charge in [-0.2, -0.15) is 5.26 Å². The number of nitrogens with zero attached hydrogens (tertiary/aromatic N) is 3. The Balaban J connectivity index is 1.81. The van der Waals surface area contributed by atoms with Crippen LogP contribution in [-0.2, 0) is 10.4 Å². The second-order valence-electron chi connectivity index (χ2n) is 7.51. The number of carbonyl (C=O) groups is 2. The molecule has 158 valence electrons. The van der Waals surface area contributed by atoms with Crippen LogP contribution in [0.15, 0.2) is 18.2 Å². The van der Waals surface area contributed by atoms with Gasteiger partial charge in [-0.1, -0.05) is 11.8 Å². The molecule has 1 aromatic carbocycles. The van der Waals surface area contributed by atoms with Gasteiger partial charge in [0.2, 0.25) is 5.60 Å². The van der Waals surface area contributed by atoms with Gasteiger partial charge < -0.3 is 25.6 Å². The number of aliphatic hydroxyl groups is 2. The smallest absolute Gasteiger partial charge is 0.277 e. The molecular weight excluding hydrogens is 420 g/mol. The molecule has 0 aliphatic carbocycles. The molecule has 1 unspecified atom stereocenters. The van der Waals surface area contributed by atoms with Gasteiger partial charge >= 0.3 is 0 Å². The fourth-order valence-corrected chi connectivity index (χ4v) is 4.52. The van der Waals surface area contributed by atoms with Crippen molar-refractivity contribution < 1.29 is 24.5 Å². The largest absolute Gasteiger partial charge is 0.489 e. The van der Waals surface area contributed by atoms with Crippen LogP contribution in [0, 0.1) is 23.2 Å². The summed E-state index contributed by atoms with van der Waals surface area (Å²) in [5.74, 6) is 4.66. The molecule has 31 heavy (non-hydrogen) atoms. The van der Waals surface area contributed by atoms with E-state index in [2.05, 4.69) is 16.8 Å². The molecule has 2 aliphatic rings. The van der Waals surface area contributed by atoms with Crippen molar-refractivity contribution in [3.63, 3.8) is 0 Å². The Hall–Kier alpha value is -3.44. The summed E-state index contributed by atoms with van der Waals surface area (Å²) in [5, 5.41) is 30.7. The van der Waals surface area contributed by atoms with Crippen molar-refractivity contribution in [2.45, 2.75) is 24.0 Å². The minimum absolute atomic E-state index is 0.000368. The van der Waals surface area contributed by atoms with Crippen LogP contribution in [0.3, 0.4) is 0 Å². The summed E-state index contributed by atoms with van der Waals surface area (Å²) in [6.07, 6.45) is -0.0491. The molecule has 4 N–H and O–H groups in total. The lowest BCUT2D eigenvalue weighted by Gasteiger charge is -2.22. The summed E-state index contributed by atoms with van der Waals surface area (Å²) in [6.45, 7) is 0.212. The van der Waals surface area contributed by atoms with E-state index in [0.717, 1.165) is 11.3 Å². The molecule has 0 saturated carbocycles. The summed E-state index contributed by atoms with van der Waals surface area (Å²) >= 11 is 0.914. The van der Waals surface area contributed by atoms with Crippen LogP contribution in [0.4, 0.5) is 0 Å². The molecule has 1 aromatic heterocycles. The normalized spacial score (nSPS) is 24.2. The molecule has 2 amide bonds. The number of benzene rings is 1. The highest BCUT2D eigenvalue weighted by atomic mass is 32.1. The fourth-order valence-electron chi connectivity index (χ4n) is 3.51. The first-order valence-electron chi connectivity index (χ1n) is 9.36. The number of amides is 2. The average molecular weight is 438 g/mol. The van der Waals surface area contributed by atoms with Crippen molar-refractivity contribution >= 4 is 23.2 Å². The van der Waals surface area contributed by atoms with Crippen LogP contribution in [0.25, 0.3) is 11.3 Å². The summed E-state index contributed by atoms with van der Waals surface area (Å²) < 4.78 is 5.73. The maximum Gasteiger partial charge on any atom is 0.277 e. The summed E-state index contributed by atoms with van der Waals surface area (Å²) in [4.78, 5) is 29.8. The maximum atomic E-state index is 12.1. The first-order chi connectivity index (χ1) is 14.7. The highest BCUT2D eigenvalue weighted by Gasteiger charge is 2.42. The third kappa shape index (κ3) is 3.51. The zero-order chi connectivity index (χ0) is 22.4. The molecular formula is C21H18N4O5S. The number of fused-ring (bicyclic) bond motifs is 3. The van der Waals surface area contributed by atoms with E-state index in [1.54, 1.807) is 25.2 Å². The number of rotatable bonds is 2. The monoisotopic (exact) mass is 438 g/mol. The minimum atomic E-state index is -1.74. The third-order valence-electron chi connectivity index (χ3n) is 5.26. The second-order valence-corrected chi connectivity index (χ2v) is 8.51. The number of carbonyl (C=O) groups excluding carboxylic acids is 2. The minimum Gasteiger partial charge on any atom is -0.489 e. The van der Waals surface area contributed by atoms with Gasteiger partial charge in [0, 0.05) is 31.1 Å². The van der Waals surface area contributed by atoms with Crippen molar-refractivity contribution in [1.82, 2.24) is 9.88 Å². The number of hydrogen-bond acceptors (Lipinski definition) is 8. The van der Waals surface area contributed by atoms with Crippen LogP contribution < -0.4 is 10.5 Å². The molecule has 0 radical (unpaired) electrons. The number of likely N-dealkylation sites (tertiary alicyclic amines) is 1. The van der Waals surface area contributed by atoms with Crippen molar-refractivity contribution in [3.05, 3.63) is 33.6 Å². The van der Waals surface area contributed by atoms with Crippen LogP contribution >= 0.6 is 11.3 Å². The fraction of sp³-hybridized carbons (Fsp3) is 0.333. The number of aromatic nitrogens is 1. The van der Waals surface area contributed by atoms with Gasteiger partial charge in [0.15, 0.2) is 5.01 Å². The maximum absolute atomic E-state index is 12.1. The molecule has 2 aromatic rings. The molecule has 0 bridgehead atoms. The predicted molar refractivity (Wildman–Crippen MR) is 110 cm³/mol. The molecule has 2 atom stereocenters. The zero-order valence-electron chi connectivity index (χ0n) is 16.5. The van der Waals surface area contributed by atoms with E-state index in [0.29, 0.717) is 28.3 Å². The topological polar surface area (TPSA) is 150 Å². The van der Waals surface area contributed by atoms with Crippen LogP contribution in [0.2, 0.25) is 0 Å². The lowest BCUT2D eigenvalue weighted by atomic mass is 9.96. The van der Waals surface area contributed by atoms with E-state index in [4.69, 9.17) is 10.5 Å². The summed E-state index contributed by atoms with van der Waals surface area (Å²) in [6, 6.07) is 6.84. The van der Waals surface area contributed by atoms with E-state index < -0.39 is 23.0 Å². The number of hydrogen-bond donors (Lipinski definition) is 3. The number of ether oxygens (including phenoxy) is 1. The number of likely N-dealkylation sites (N-methyl/N-ethyl adjacent to an activating group) is 1. The van der Waals surface area contributed by atoms with Crippen molar-refractivity contribution in [1.29, 1.82) is 5.26 Å². The molecule has 10 heteroatoms. The lowest BCUT2D eigenvalue weighted by molar-refractivity contribution is -0.137. The van der Waals surface area contributed by atoms with Crippen LogP contribution in [0.1, 0.15) is 33.1 Å². The van der Waals surface area contributed by atoms with E-state index in [1.807, 2.05) is 6.07 Å². The van der Waals surface area contributed by atoms with Gasteiger partial charge in [0.25, 0.3) is 11.8 Å². The molecule has 4 rings (SSSR count). The van der Waals surface area contributed by atoms with E-state index in [1.165, 1.54) is 4.90 Å². The second kappa shape index (κ2) is 7.36. The molecule has 0 spiro atoms. The highest BCUT2D eigenvalue weighted by Crippen LogP contribution is 2.44. The Morgan fingerprint density at radius 1 is 1.45 bits per heavy atom. The SMILES string of the molecule is CN1CC[C@@](O)(C#Cc2ccc3c(c2)-c2nc(C(N)=O)sc2C(O)(CC#N)CO3)C1=O. The lowest BCUT2D eigenvalue weighted by Crippen LogP contribution is -2.37. The molecule has 1 saturated heterocycles. The summed E-state index contributed by atoms with van der Waals surface area (Å²) in [5.41, 5.74) is 3.20. The molecule has 2 aliphatic heterocycles. The van der Waals surface area contributed by atoms with Crippen molar-refractivity contribution in [2.75, 3.05) is 20.2 Å². The van der Waals surface area contributed by atoms with Gasteiger partial charge in [-0.25, -0.2) is 4.98 Å². The molecule has 9 nitrogen and oxygen atoms in total. The number of nitrogens with two attached hydrogens (primary N) is 1. The predicted octanol–water partition coefficient (Wildman–Crippen LogP) is 0.347. The Labute approximate surface area is 181 Å². The van der Waals surface area contributed by atoms with Crippen molar-refractivity contribution in [3.8, 4) is 34.9 Å². The average Bonchev–Trinajstić information content (AvgIpc) is 3.27. The van der Waals surface area contributed by atoms with Crippen molar-refractivity contribution in [2.24, 2.45) is 5.73 Å². The van der Waals surface area contributed by atoms with E-state index in [9.17, 15) is 25.1 Å². The van der Waals surface area contributed by atoms with Gasteiger partial charge in [-0.15, -0.1) is 11.3 Å². The zero-order valence-corrected chi connectivity index (χ0v) is 17.3. The van der Waals surface area contributed by atoms with Crippen LogP contribution in [0.5, 0.6) is 5.75 Å². The van der Waals surface area contributed by atoms with Gasteiger partial charge in [-0.05, 0) is 18.2 Å². The van der Waals surface area contributed by atoms with Gasteiger partial charge in [-0.3, -0.25) is 9.59 Å². The van der Waals surface area contributed by atoms with Gasteiger partial charge in [0.05, 0.1) is 23.1 Å². The molecule has 1 fully saturated rings. The van der Waals surface area contributed by atoms with Crippen LogP contribution in [-0.4, -0.2) is 57.7 Å². The third-order valence-corrected chi connectivity index (χ3v) is 6.52. The first-order valence-corrected chi connectivity index (χ1v) is 10.2. The Kier molecular flexibility index (Phi) is 4.94. The summed E-state index contributed by atoms with van der Waals surface area (Å²) in [7, 11) is 1.60. The van der Waals surface area contributed by atoms with E-state index >= 15 is 0 Å². The number of primary amides is 1. The number of nitriles is 1. The standard InChI is InChI=1S/C21H18N4O5S/c1-25-9-7-20(28,19(25)27)5-4-12-2-3-14-13(10-12)15-16(31-18(24-15)17(23)26)21(29,6-8-22)11-30-14/h2-3,10,28-29H,6-7,9,11H2,1H3,(H2,23,26)/t20-,21?/m0/s1. The van der Waals surface area contributed by atoms with E-state index in [-0.39, 0.29) is 30.2 Å². The Bertz CT molecular complexity index is 1210.